The second-order valence-corrected chi connectivity index (χ2v) is 9.79. The summed E-state index contributed by atoms with van der Waals surface area (Å²) in [7, 11) is 1.97. The monoisotopic (exact) mass is 579 g/mol. The third kappa shape index (κ3) is 10.6. The molecule has 1 atom stereocenters. The van der Waals surface area contributed by atoms with Gasteiger partial charge in [0.1, 0.15) is 5.69 Å². The molecule has 0 radical (unpaired) electrons. The topological polar surface area (TPSA) is 146 Å². The van der Waals surface area contributed by atoms with Crippen molar-refractivity contribution in [2.75, 3.05) is 44.8 Å². The van der Waals surface area contributed by atoms with Crippen molar-refractivity contribution in [3.8, 4) is 0 Å². The zero-order chi connectivity index (χ0) is 28.0. The Balaban J connectivity index is 0.000000435. The molecule has 2 aromatic rings. The van der Waals surface area contributed by atoms with Gasteiger partial charge in [0, 0.05) is 29.7 Å². The molecular weight excluding hydrogens is 545 g/mol. The number of aromatic amines is 1. The van der Waals surface area contributed by atoms with Gasteiger partial charge in [-0.2, -0.15) is 0 Å². The van der Waals surface area contributed by atoms with Crippen LogP contribution in [0, 0.1) is 13.8 Å². The van der Waals surface area contributed by atoms with E-state index in [-0.39, 0.29) is 18.7 Å². The molecule has 0 aliphatic carbocycles. The van der Waals surface area contributed by atoms with Gasteiger partial charge in [0.05, 0.1) is 35.5 Å². The van der Waals surface area contributed by atoms with E-state index in [1.807, 2.05) is 14.0 Å². The van der Waals surface area contributed by atoms with Crippen molar-refractivity contribution >= 4 is 58.3 Å². The Labute approximate surface area is 230 Å². The minimum Gasteiger partial charge on any atom is -0.483 e. The fraction of sp³-hybridized carbons (Fsp3) is 0.565. The molecule has 0 saturated carbocycles. The van der Waals surface area contributed by atoms with E-state index in [1.54, 1.807) is 18.3 Å². The maximum Gasteiger partial charge on any atom is 0.290 e. The summed E-state index contributed by atoms with van der Waals surface area (Å²) < 4.78 is 10.7. The Bertz CT molecular complexity index is 997. The molecule has 208 valence electrons. The minimum absolute atomic E-state index is 0.172. The Morgan fingerprint density at radius 2 is 1.92 bits per heavy atom. The third-order valence-corrected chi connectivity index (χ3v) is 7.29. The lowest BCUT2D eigenvalue weighted by molar-refractivity contribution is -0.122. The van der Waals surface area contributed by atoms with E-state index in [2.05, 4.69) is 39.3 Å². The first-order valence-corrected chi connectivity index (χ1v) is 13.2. The molecule has 0 spiro atoms. The van der Waals surface area contributed by atoms with Crippen LogP contribution >= 0.6 is 34.5 Å². The van der Waals surface area contributed by atoms with Gasteiger partial charge in [0.15, 0.2) is 17.7 Å². The lowest BCUT2D eigenvalue weighted by Gasteiger charge is -2.21. The van der Waals surface area contributed by atoms with E-state index in [0.29, 0.717) is 59.2 Å². The van der Waals surface area contributed by atoms with Gasteiger partial charge < -0.3 is 35.1 Å². The van der Waals surface area contributed by atoms with Crippen molar-refractivity contribution in [3.63, 3.8) is 0 Å². The average Bonchev–Trinajstić information content (AvgIpc) is 3.60. The largest absolute Gasteiger partial charge is 0.483 e. The van der Waals surface area contributed by atoms with Crippen LogP contribution in [0.25, 0.3) is 0 Å². The number of nitrogens with zero attached hydrogens (tertiary/aromatic N) is 2. The van der Waals surface area contributed by atoms with Crippen molar-refractivity contribution in [2.24, 2.45) is 0 Å². The van der Waals surface area contributed by atoms with Crippen LogP contribution in [0.5, 0.6) is 0 Å². The van der Waals surface area contributed by atoms with Crippen LogP contribution in [-0.4, -0.2) is 86.0 Å². The molecule has 2 aromatic heterocycles. The first kappa shape index (κ1) is 32.8. The number of aldehydes is 1. The first-order valence-electron chi connectivity index (χ1n) is 11.6. The smallest absolute Gasteiger partial charge is 0.290 e. The molecule has 1 aliphatic heterocycles. The SMILES string of the molecule is CCN(CC[C@@H](C)NC)c1nc(C(=O)NCC2OCCO2)c(C)s1.Cc1[nH]c(C=O)c(Cl)c1Cl.O=CO. The summed E-state index contributed by atoms with van der Waals surface area (Å²) in [6.07, 6.45) is 1.32. The van der Waals surface area contributed by atoms with Gasteiger partial charge in [-0.15, -0.1) is 11.3 Å². The normalized spacial score (nSPS) is 13.6. The van der Waals surface area contributed by atoms with Crippen molar-refractivity contribution < 1.29 is 29.0 Å². The minimum atomic E-state index is -0.345. The van der Waals surface area contributed by atoms with Gasteiger partial charge in [0.2, 0.25) is 0 Å². The molecule has 0 aromatic carbocycles. The number of carboxylic acid groups (broad SMARTS) is 1. The quantitative estimate of drug-likeness (QED) is 0.310. The van der Waals surface area contributed by atoms with Gasteiger partial charge in [-0.3, -0.25) is 14.4 Å². The van der Waals surface area contributed by atoms with Gasteiger partial charge in [-0.25, -0.2) is 4.98 Å². The molecule has 1 fully saturated rings. The summed E-state index contributed by atoms with van der Waals surface area (Å²) in [5.74, 6) is -0.172. The van der Waals surface area contributed by atoms with E-state index in [1.165, 1.54) is 0 Å². The number of amides is 1. The number of thiazole rings is 1. The van der Waals surface area contributed by atoms with E-state index in [0.717, 1.165) is 29.5 Å². The molecular formula is C23H35Cl2N5O6S. The fourth-order valence-electron chi connectivity index (χ4n) is 3.07. The summed E-state index contributed by atoms with van der Waals surface area (Å²) in [6, 6.07) is 0.453. The van der Waals surface area contributed by atoms with E-state index >= 15 is 0 Å². The Kier molecular flexibility index (Phi) is 15.4. The molecule has 37 heavy (non-hydrogen) atoms. The number of rotatable bonds is 10. The number of ether oxygens (including phenoxy) is 2. The highest BCUT2D eigenvalue weighted by atomic mass is 35.5. The Morgan fingerprint density at radius 3 is 2.38 bits per heavy atom. The molecule has 14 heteroatoms. The number of hydrogen-bond donors (Lipinski definition) is 4. The molecule has 11 nitrogen and oxygen atoms in total. The lowest BCUT2D eigenvalue weighted by Crippen LogP contribution is -2.33. The maximum atomic E-state index is 12.4. The number of aromatic nitrogens is 2. The second kappa shape index (κ2) is 17.3. The van der Waals surface area contributed by atoms with Crippen LogP contribution in [0.2, 0.25) is 10.0 Å². The van der Waals surface area contributed by atoms with Crippen molar-refractivity contribution in [1.29, 1.82) is 0 Å². The number of anilines is 1. The van der Waals surface area contributed by atoms with Gasteiger partial charge in [0.25, 0.3) is 12.4 Å². The standard InChI is InChI=1S/C16H28N4O3S.C6H5Cl2NO.CH2O2/c1-5-20(7-6-11(2)17-4)16-19-14(12(3)24-16)15(21)18-10-13-22-8-9-23-13;1-3-5(7)6(8)4(2-10)9-3;2-1-3/h11,13,17H,5-10H2,1-4H3,(H,18,21);2,9H,1H3;1H,(H,2,3)/t11-;;/m1../s1. The summed E-state index contributed by atoms with van der Waals surface area (Å²) >= 11 is 12.8. The van der Waals surface area contributed by atoms with Gasteiger partial charge >= 0.3 is 0 Å². The van der Waals surface area contributed by atoms with Crippen molar-refractivity contribution in [3.05, 3.63) is 32.0 Å². The van der Waals surface area contributed by atoms with Crippen LogP contribution in [0.3, 0.4) is 0 Å². The molecule has 3 rings (SSSR count). The van der Waals surface area contributed by atoms with Crippen LogP contribution in [-0.2, 0) is 14.3 Å². The highest BCUT2D eigenvalue weighted by molar-refractivity contribution is 7.15. The summed E-state index contributed by atoms with van der Waals surface area (Å²) in [4.78, 5) is 41.4. The number of hydrogen-bond acceptors (Lipinski definition) is 9. The molecule has 1 amide bonds. The lowest BCUT2D eigenvalue weighted by atomic mass is 10.2. The molecule has 1 aliphatic rings. The zero-order valence-corrected chi connectivity index (χ0v) is 23.9. The Hall–Kier alpha value is -2.22. The summed E-state index contributed by atoms with van der Waals surface area (Å²) in [5, 5.41) is 14.6. The third-order valence-electron chi connectivity index (χ3n) is 5.30. The molecule has 4 N–H and O–H groups in total. The highest BCUT2D eigenvalue weighted by Crippen LogP contribution is 2.28. The molecule has 1 saturated heterocycles. The molecule has 0 unspecified atom stereocenters. The highest BCUT2D eigenvalue weighted by Gasteiger charge is 2.21. The number of aryl methyl sites for hydroxylation is 2. The van der Waals surface area contributed by atoms with E-state index in [4.69, 9.17) is 42.6 Å². The zero-order valence-electron chi connectivity index (χ0n) is 21.6. The average molecular weight is 581 g/mol. The van der Waals surface area contributed by atoms with Crippen LogP contribution < -0.4 is 15.5 Å². The van der Waals surface area contributed by atoms with E-state index in [9.17, 15) is 9.59 Å². The van der Waals surface area contributed by atoms with Crippen molar-refractivity contribution in [1.82, 2.24) is 20.6 Å². The van der Waals surface area contributed by atoms with Gasteiger partial charge in [-0.05, 0) is 41.2 Å². The molecule has 3 heterocycles. The fourth-order valence-corrected chi connectivity index (χ4v) is 4.45. The predicted molar refractivity (Wildman–Crippen MR) is 146 cm³/mol. The van der Waals surface area contributed by atoms with Crippen LogP contribution in [0.15, 0.2) is 0 Å². The second-order valence-electron chi connectivity index (χ2n) is 7.86. The van der Waals surface area contributed by atoms with Crippen LogP contribution in [0.1, 0.15) is 51.8 Å². The molecule has 0 bridgehead atoms. The number of nitrogens with one attached hydrogen (secondary N) is 3. The summed E-state index contributed by atoms with van der Waals surface area (Å²) in [5.41, 5.74) is 1.55. The summed E-state index contributed by atoms with van der Waals surface area (Å²) in [6.45, 7) is 11.0. The number of carbonyl (C=O) groups excluding carboxylic acids is 2. The van der Waals surface area contributed by atoms with Crippen molar-refractivity contribution in [2.45, 2.75) is 46.4 Å². The Morgan fingerprint density at radius 1 is 1.30 bits per heavy atom. The van der Waals surface area contributed by atoms with Crippen LogP contribution in [0.4, 0.5) is 5.13 Å². The number of halogens is 2. The number of carbonyl (C=O) groups is 3. The predicted octanol–water partition coefficient (Wildman–Crippen LogP) is 3.52. The number of H-pyrrole nitrogens is 1. The first-order chi connectivity index (χ1) is 17.6. The van der Waals surface area contributed by atoms with E-state index < -0.39 is 0 Å². The maximum absolute atomic E-state index is 12.4. The van der Waals surface area contributed by atoms with Gasteiger partial charge in [-0.1, -0.05) is 23.2 Å².